The van der Waals surface area contributed by atoms with Crippen LogP contribution in [-0.2, 0) is 4.79 Å². The largest absolute Gasteiger partial charge is 0.480 e. The summed E-state index contributed by atoms with van der Waals surface area (Å²) in [5.41, 5.74) is 0.271. The molecule has 1 aliphatic heterocycles. The molecular formula is C13H24N2O4. The van der Waals surface area contributed by atoms with E-state index in [1.165, 1.54) is 6.92 Å². The van der Waals surface area contributed by atoms with E-state index in [0.717, 1.165) is 19.3 Å². The van der Waals surface area contributed by atoms with Crippen LogP contribution in [0.5, 0.6) is 0 Å². The number of aliphatic hydroxyl groups is 1. The summed E-state index contributed by atoms with van der Waals surface area (Å²) in [6.07, 6.45) is 1.80. The summed E-state index contributed by atoms with van der Waals surface area (Å²) >= 11 is 0. The van der Waals surface area contributed by atoms with Crippen LogP contribution in [-0.4, -0.2) is 52.3 Å². The average molecular weight is 272 g/mol. The van der Waals surface area contributed by atoms with Gasteiger partial charge in [0, 0.05) is 13.1 Å². The Kier molecular flexibility index (Phi) is 5.17. The van der Waals surface area contributed by atoms with Gasteiger partial charge in [0.05, 0.1) is 6.10 Å². The molecule has 19 heavy (non-hydrogen) atoms. The number of amides is 2. The zero-order chi connectivity index (χ0) is 14.6. The van der Waals surface area contributed by atoms with Crippen molar-refractivity contribution in [3.05, 3.63) is 0 Å². The second-order valence-electron chi connectivity index (χ2n) is 5.66. The number of piperidine rings is 1. The number of carboxylic acids is 1. The Bertz CT molecular complexity index is 336. The number of carboxylic acid groups (broad SMARTS) is 1. The second-order valence-corrected chi connectivity index (χ2v) is 5.66. The van der Waals surface area contributed by atoms with Crippen LogP contribution in [0.4, 0.5) is 4.79 Å². The van der Waals surface area contributed by atoms with Crippen LogP contribution in [0.3, 0.4) is 0 Å². The summed E-state index contributed by atoms with van der Waals surface area (Å²) in [6, 6.07) is -1.67. The van der Waals surface area contributed by atoms with Crippen molar-refractivity contribution in [2.24, 2.45) is 5.41 Å². The van der Waals surface area contributed by atoms with E-state index >= 15 is 0 Å². The molecule has 1 heterocycles. The van der Waals surface area contributed by atoms with Gasteiger partial charge in [0.1, 0.15) is 0 Å². The van der Waals surface area contributed by atoms with Crippen molar-refractivity contribution >= 4 is 12.0 Å². The lowest BCUT2D eigenvalue weighted by Crippen LogP contribution is -2.54. The van der Waals surface area contributed by atoms with Crippen molar-refractivity contribution in [3.63, 3.8) is 0 Å². The molecule has 1 rings (SSSR count). The maximum Gasteiger partial charge on any atom is 0.328 e. The molecule has 1 saturated heterocycles. The molecular weight excluding hydrogens is 248 g/mol. The highest BCUT2D eigenvalue weighted by atomic mass is 16.4. The molecule has 0 aromatic carbocycles. The van der Waals surface area contributed by atoms with E-state index in [1.807, 2.05) is 0 Å². The van der Waals surface area contributed by atoms with E-state index in [0.29, 0.717) is 13.1 Å². The Hall–Kier alpha value is -1.30. The molecule has 0 radical (unpaired) electrons. The lowest BCUT2D eigenvalue weighted by molar-refractivity contribution is -0.141. The number of likely N-dealkylation sites (tertiary alicyclic amines) is 1. The summed E-state index contributed by atoms with van der Waals surface area (Å²) in [6.45, 7) is 6.95. The summed E-state index contributed by atoms with van der Waals surface area (Å²) in [4.78, 5) is 24.5. The number of nitrogens with zero attached hydrogens (tertiary/aromatic N) is 1. The van der Waals surface area contributed by atoms with Gasteiger partial charge in [-0.15, -0.1) is 0 Å². The van der Waals surface area contributed by atoms with Gasteiger partial charge in [-0.05, 0) is 25.2 Å². The van der Waals surface area contributed by atoms with Gasteiger partial charge in [-0.25, -0.2) is 9.59 Å². The summed E-state index contributed by atoms with van der Waals surface area (Å²) in [7, 11) is 0. The second kappa shape index (κ2) is 6.23. The van der Waals surface area contributed by atoms with Crippen LogP contribution in [0, 0.1) is 5.41 Å². The van der Waals surface area contributed by atoms with Crippen molar-refractivity contribution in [3.8, 4) is 0 Å². The summed E-state index contributed by atoms with van der Waals surface area (Å²) < 4.78 is 0. The van der Waals surface area contributed by atoms with Crippen molar-refractivity contribution < 1.29 is 19.8 Å². The van der Waals surface area contributed by atoms with E-state index in [2.05, 4.69) is 19.2 Å². The molecule has 0 aromatic rings. The maximum atomic E-state index is 12.0. The Morgan fingerprint density at radius 1 is 1.37 bits per heavy atom. The van der Waals surface area contributed by atoms with E-state index in [4.69, 9.17) is 5.11 Å². The van der Waals surface area contributed by atoms with Crippen molar-refractivity contribution in [2.75, 3.05) is 13.1 Å². The van der Waals surface area contributed by atoms with Gasteiger partial charge >= 0.3 is 12.0 Å². The average Bonchev–Trinajstić information content (AvgIpc) is 2.35. The SMILES string of the molecule is CCC1(C)CCN(C(=O)NC(C(=O)O)C(C)O)CC1. The first kappa shape index (κ1) is 15.8. The molecule has 2 unspecified atom stereocenters. The molecule has 1 aliphatic rings. The fraction of sp³-hybridized carbons (Fsp3) is 0.846. The first-order chi connectivity index (χ1) is 8.79. The van der Waals surface area contributed by atoms with Gasteiger partial charge in [-0.3, -0.25) is 0 Å². The number of hydrogen-bond acceptors (Lipinski definition) is 3. The van der Waals surface area contributed by atoms with E-state index < -0.39 is 24.1 Å². The molecule has 0 spiro atoms. The maximum absolute atomic E-state index is 12.0. The first-order valence-electron chi connectivity index (χ1n) is 6.75. The number of carbonyl (C=O) groups is 2. The zero-order valence-electron chi connectivity index (χ0n) is 11.8. The highest BCUT2D eigenvalue weighted by molar-refractivity contribution is 5.83. The van der Waals surface area contributed by atoms with Crippen molar-refractivity contribution in [2.45, 2.75) is 52.2 Å². The number of aliphatic carboxylic acids is 1. The standard InChI is InChI=1S/C13H24N2O4/c1-4-13(3)5-7-15(8-6-13)12(19)14-10(9(2)16)11(17)18/h9-10,16H,4-8H2,1-3H3,(H,14,19)(H,17,18). The van der Waals surface area contributed by atoms with Gasteiger partial charge in [-0.2, -0.15) is 0 Å². The van der Waals surface area contributed by atoms with E-state index in [9.17, 15) is 14.7 Å². The fourth-order valence-electron chi connectivity index (χ4n) is 2.22. The number of nitrogens with one attached hydrogen (secondary N) is 1. The van der Waals surface area contributed by atoms with Crippen LogP contribution in [0.25, 0.3) is 0 Å². The van der Waals surface area contributed by atoms with Crippen LogP contribution in [0.15, 0.2) is 0 Å². The smallest absolute Gasteiger partial charge is 0.328 e. The quantitative estimate of drug-likeness (QED) is 0.713. The van der Waals surface area contributed by atoms with Crippen LogP contribution >= 0.6 is 0 Å². The lowest BCUT2D eigenvalue weighted by atomic mass is 9.78. The number of aliphatic hydroxyl groups excluding tert-OH is 1. The minimum atomic E-state index is -1.26. The first-order valence-corrected chi connectivity index (χ1v) is 6.75. The topological polar surface area (TPSA) is 89.9 Å². The van der Waals surface area contributed by atoms with Crippen molar-refractivity contribution in [1.29, 1.82) is 0 Å². The molecule has 0 bridgehead atoms. The summed E-state index contributed by atoms with van der Waals surface area (Å²) in [5, 5.41) is 20.6. The molecule has 2 atom stereocenters. The van der Waals surface area contributed by atoms with Gasteiger partial charge in [0.2, 0.25) is 0 Å². The van der Waals surface area contributed by atoms with Crippen LogP contribution < -0.4 is 5.32 Å². The van der Waals surface area contributed by atoms with Crippen LogP contribution in [0.2, 0.25) is 0 Å². The third-order valence-electron chi connectivity index (χ3n) is 4.14. The third kappa shape index (κ3) is 4.09. The molecule has 110 valence electrons. The Morgan fingerprint density at radius 2 is 1.89 bits per heavy atom. The van der Waals surface area contributed by atoms with E-state index in [-0.39, 0.29) is 5.41 Å². The van der Waals surface area contributed by atoms with Gasteiger partial charge in [0.25, 0.3) is 0 Å². The minimum absolute atomic E-state index is 0.271. The predicted octanol–water partition coefficient (Wildman–Crippen LogP) is 1.04. The molecule has 0 aliphatic carbocycles. The molecule has 1 fully saturated rings. The molecule has 6 heteroatoms. The number of rotatable bonds is 4. The normalized spacial score (nSPS) is 21.6. The zero-order valence-corrected chi connectivity index (χ0v) is 11.8. The third-order valence-corrected chi connectivity index (χ3v) is 4.14. The Labute approximate surface area is 113 Å². The van der Waals surface area contributed by atoms with Crippen LogP contribution in [0.1, 0.15) is 40.0 Å². The lowest BCUT2D eigenvalue weighted by Gasteiger charge is -2.39. The molecule has 0 aromatic heterocycles. The number of hydrogen-bond donors (Lipinski definition) is 3. The number of carbonyl (C=O) groups excluding carboxylic acids is 1. The molecule has 0 saturated carbocycles. The summed E-state index contributed by atoms with van der Waals surface area (Å²) in [5.74, 6) is -1.22. The Morgan fingerprint density at radius 3 is 2.26 bits per heavy atom. The van der Waals surface area contributed by atoms with Gasteiger partial charge in [-0.1, -0.05) is 20.3 Å². The monoisotopic (exact) mass is 272 g/mol. The predicted molar refractivity (Wildman–Crippen MR) is 70.8 cm³/mol. The van der Waals surface area contributed by atoms with Gasteiger partial charge < -0.3 is 20.4 Å². The molecule has 3 N–H and O–H groups in total. The van der Waals surface area contributed by atoms with Gasteiger partial charge in [0.15, 0.2) is 6.04 Å². The minimum Gasteiger partial charge on any atom is -0.480 e. The molecule has 2 amide bonds. The Balaban J connectivity index is 2.54. The fourth-order valence-corrected chi connectivity index (χ4v) is 2.22. The van der Waals surface area contributed by atoms with Crippen molar-refractivity contribution in [1.82, 2.24) is 10.2 Å². The highest BCUT2D eigenvalue weighted by Gasteiger charge is 2.32. The van der Waals surface area contributed by atoms with E-state index in [1.54, 1.807) is 4.90 Å². The number of urea groups is 1. The molecule has 6 nitrogen and oxygen atoms in total. The highest BCUT2D eigenvalue weighted by Crippen LogP contribution is 2.33.